The summed E-state index contributed by atoms with van der Waals surface area (Å²) in [6.07, 6.45) is 3.28. The smallest absolute Gasteiger partial charge is 0.349 e. The van der Waals surface area contributed by atoms with Gasteiger partial charge < -0.3 is 9.64 Å². The Morgan fingerprint density at radius 1 is 1.44 bits per heavy atom. The van der Waals surface area contributed by atoms with Crippen LogP contribution in [0.15, 0.2) is 30.6 Å². The van der Waals surface area contributed by atoms with Crippen molar-refractivity contribution in [1.29, 1.82) is 0 Å². The maximum atomic E-state index is 11.3. The molecule has 0 aliphatic carbocycles. The fourth-order valence-electron chi connectivity index (χ4n) is 1.44. The minimum Gasteiger partial charge on any atom is -0.465 e. The highest BCUT2D eigenvalue weighted by atomic mass is 32.1. The molecule has 2 aromatic heterocycles. The van der Waals surface area contributed by atoms with E-state index in [9.17, 15) is 4.79 Å². The molecule has 0 aromatic carbocycles. The number of rotatable bonds is 4. The summed E-state index contributed by atoms with van der Waals surface area (Å²) in [7, 11) is 3.27. The van der Waals surface area contributed by atoms with Crippen LogP contribution in [0.5, 0.6) is 0 Å². The van der Waals surface area contributed by atoms with Gasteiger partial charge in [0.15, 0.2) is 5.13 Å². The van der Waals surface area contributed by atoms with Gasteiger partial charge >= 0.3 is 5.97 Å². The lowest BCUT2D eigenvalue weighted by molar-refractivity contribution is 0.0606. The molecule has 0 aliphatic heterocycles. The minimum absolute atomic E-state index is 0.356. The van der Waals surface area contributed by atoms with Crippen LogP contribution in [0.25, 0.3) is 0 Å². The molecule has 94 valence electrons. The molecule has 0 amide bonds. The van der Waals surface area contributed by atoms with Crippen LogP contribution in [0.2, 0.25) is 0 Å². The maximum Gasteiger partial charge on any atom is 0.349 e. The van der Waals surface area contributed by atoms with Gasteiger partial charge in [0.05, 0.1) is 25.5 Å². The summed E-state index contributed by atoms with van der Waals surface area (Å²) in [4.78, 5) is 22.2. The average molecular weight is 263 g/mol. The van der Waals surface area contributed by atoms with Crippen LogP contribution in [-0.2, 0) is 11.3 Å². The highest BCUT2D eigenvalue weighted by molar-refractivity contribution is 7.17. The Labute approximate surface area is 109 Å². The van der Waals surface area contributed by atoms with Crippen molar-refractivity contribution in [3.05, 3.63) is 41.2 Å². The Kier molecular flexibility index (Phi) is 3.88. The third kappa shape index (κ3) is 2.84. The Morgan fingerprint density at radius 3 is 2.94 bits per heavy atom. The number of carbonyl (C=O) groups is 1. The fourth-order valence-corrected chi connectivity index (χ4v) is 2.23. The van der Waals surface area contributed by atoms with Gasteiger partial charge in [-0.15, -0.1) is 0 Å². The summed E-state index contributed by atoms with van der Waals surface area (Å²) < 4.78 is 4.65. The number of nitrogens with zero attached hydrogens (tertiary/aromatic N) is 3. The fraction of sp³-hybridized carbons (Fsp3) is 0.250. The Morgan fingerprint density at radius 2 is 2.28 bits per heavy atom. The van der Waals surface area contributed by atoms with E-state index in [-0.39, 0.29) is 5.97 Å². The molecule has 0 radical (unpaired) electrons. The topological polar surface area (TPSA) is 55.3 Å². The van der Waals surface area contributed by atoms with Crippen molar-refractivity contribution in [3.63, 3.8) is 0 Å². The van der Waals surface area contributed by atoms with Gasteiger partial charge in [-0.25, -0.2) is 9.78 Å². The monoisotopic (exact) mass is 263 g/mol. The largest absolute Gasteiger partial charge is 0.465 e. The second kappa shape index (κ2) is 5.59. The SMILES string of the molecule is COC(=O)c1cnc(N(C)Cc2ccccn2)s1. The van der Waals surface area contributed by atoms with E-state index >= 15 is 0 Å². The van der Waals surface area contributed by atoms with Gasteiger partial charge in [0, 0.05) is 13.2 Å². The second-order valence-electron chi connectivity index (χ2n) is 3.68. The molecule has 0 saturated heterocycles. The van der Waals surface area contributed by atoms with E-state index in [2.05, 4.69) is 14.7 Å². The van der Waals surface area contributed by atoms with Gasteiger partial charge in [-0.1, -0.05) is 17.4 Å². The zero-order valence-corrected chi connectivity index (χ0v) is 11.0. The molecule has 18 heavy (non-hydrogen) atoms. The Bertz CT molecular complexity index is 527. The molecule has 2 rings (SSSR count). The molecule has 0 saturated carbocycles. The average Bonchev–Trinajstić information content (AvgIpc) is 2.88. The van der Waals surface area contributed by atoms with E-state index < -0.39 is 0 Å². The van der Waals surface area contributed by atoms with E-state index in [1.807, 2.05) is 30.1 Å². The van der Waals surface area contributed by atoms with Crippen molar-refractivity contribution in [2.75, 3.05) is 19.1 Å². The van der Waals surface area contributed by atoms with Gasteiger partial charge in [-0.3, -0.25) is 4.98 Å². The molecule has 0 unspecified atom stereocenters. The van der Waals surface area contributed by atoms with Crippen LogP contribution >= 0.6 is 11.3 Å². The van der Waals surface area contributed by atoms with Crippen LogP contribution in [0.4, 0.5) is 5.13 Å². The third-order valence-corrected chi connectivity index (χ3v) is 3.42. The summed E-state index contributed by atoms with van der Waals surface area (Å²) in [5, 5.41) is 0.765. The highest BCUT2D eigenvalue weighted by Gasteiger charge is 2.13. The van der Waals surface area contributed by atoms with Crippen molar-refractivity contribution >= 4 is 22.4 Å². The first kappa shape index (κ1) is 12.5. The molecule has 0 aliphatic rings. The Balaban J connectivity index is 2.07. The normalized spacial score (nSPS) is 10.1. The van der Waals surface area contributed by atoms with Gasteiger partial charge in [-0.05, 0) is 12.1 Å². The first-order chi connectivity index (χ1) is 8.70. The second-order valence-corrected chi connectivity index (χ2v) is 4.68. The predicted molar refractivity (Wildman–Crippen MR) is 69.8 cm³/mol. The number of aromatic nitrogens is 2. The van der Waals surface area contributed by atoms with Crippen molar-refractivity contribution in [3.8, 4) is 0 Å². The molecule has 2 heterocycles. The summed E-state index contributed by atoms with van der Waals surface area (Å²) in [6, 6.07) is 5.77. The standard InChI is InChI=1S/C12H13N3O2S/c1-15(8-9-5-3-4-6-13-9)12-14-7-10(18-12)11(16)17-2/h3-7H,8H2,1-2H3. The number of pyridine rings is 1. The molecule has 6 heteroatoms. The molecule has 5 nitrogen and oxygen atoms in total. The van der Waals surface area contributed by atoms with E-state index in [1.165, 1.54) is 24.6 Å². The van der Waals surface area contributed by atoms with Crippen molar-refractivity contribution < 1.29 is 9.53 Å². The highest BCUT2D eigenvalue weighted by Crippen LogP contribution is 2.22. The third-order valence-electron chi connectivity index (χ3n) is 2.33. The van der Waals surface area contributed by atoms with Crippen molar-refractivity contribution in [2.24, 2.45) is 0 Å². The number of hydrogen-bond acceptors (Lipinski definition) is 6. The van der Waals surface area contributed by atoms with E-state index in [4.69, 9.17) is 0 Å². The summed E-state index contributed by atoms with van der Waals surface area (Å²) in [5.74, 6) is -0.356. The molecule has 0 atom stereocenters. The summed E-state index contributed by atoms with van der Waals surface area (Å²) in [6.45, 7) is 0.648. The lowest BCUT2D eigenvalue weighted by Crippen LogP contribution is -2.16. The molecule has 2 aromatic rings. The maximum absolute atomic E-state index is 11.3. The zero-order valence-electron chi connectivity index (χ0n) is 10.2. The van der Waals surface area contributed by atoms with Crippen molar-refractivity contribution in [1.82, 2.24) is 9.97 Å². The molecular weight excluding hydrogens is 250 g/mol. The lowest BCUT2D eigenvalue weighted by Gasteiger charge is -2.14. The molecule has 0 spiro atoms. The Hall–Kier alpha value is -1.95. The van der Waals surface area contributed by atoms with Gasteiger partial charge in [-0.2, -0.15) is 0 Å². The van der Waals surface area contributed by atoms with Gasteiger partial charge in [0.25, 0.3) is 0 Å². The van der Waals surface area contributed by atoms with Crippen LogP contribution in [-0.4, -0.2) is 30.1 Å². The van der Waals surface area contributed by atoms with Crippen LogP contribution in [0.3, 0.4) is 0 Å². The quantitative estimate of drug-likeness (QED) is 0.789. The summed E-state index contributed by atoms with van der Waals surface area (Å²) >= 11 is 1.31. The molecular formula is C12H13N3O2S. The molecule has 0 bridgehead atoms. The van der Waals surface area contributed by atoms with Crippen molar-refractivity contribution in [2.45, 2.75) is 6.54 Å². The lowest BCUT2D eigenvalue weighted by atomic mass is 10.3. The first-order valence-corrected chi connectivity index (χ1v) is 6.17. The number of carbonyl (C=O) groups excluding carboxylic acids is 1. The number of anilines is 1. The first-order valence-electron chi connectivity index (χ1n) is 5.36. The number of hydrogen-bond donors (Lipinski definition) is 0. The minimum atomic E-state index is -0.356. The van der Waals surface area contributed by atoms with Gasteiger partial charge in [0.2, 0.25) is 0 Å². The number of thiazole rings is 1. The zero-order chi connectivity index (χ0) is 13.0. The van der Waals surface area contributed by atoms with E-state index in [0.717, 1.165) is 10.8 Å². The van der Waals surface area contributed by atoms with Crippen LogP contribution in [0.1, 0.15) is 15.4 Å². The number of methoxy groups -OCH3 is 1. The number of esters is 1. The van der Waals surface area contributed by atoms with Crippen LogP contribution in [0, 0.1) is 0 Å². The predicted octanol–water partition coefficient (Wildman–Crippen LogP) is 1.96. The number of ether oxygens (including phenoxy) is 1. The molecule has 0 fully saturated rings. The van der Waals surface area contributed by atoms with E-state index in [0.29, 0.717) is 11.4 Å². The van der Waals surface area contributed by atoms with Crippen LogP contribution < -0.4 is 4.90 Å². The van der Waals surface area contributed by atoms with Gasteiger partial charge in [0.1, 0.15) is 4.88 Å². The molecule has 0 N–H and O–H groups in total. The van der Waals surface area contributed by atoms with E-state index in [1.54, 1.807) is 6.20 Å². The summed E-state index contributed by atoms with van der Waals surface area (Å²) in [5.41, 5.74) is 0.954.